The second-order valence-electron chi connectivity index (χ2n) is 7.25. The zero-order chi connectivity index (χ0) is 21.6. The number of hydrogen-bond donors (Lipinski definition) is 2. The maximum atomic E-state index is 13.0. The molecule has 9 heteroatoms. The Balaban J connectivity index is 1.36. The topological polar surface area (TPSA) is 96.7 Å². The van der Waals surface area contributed by atoms with Crippen LogP contribution >= 0.6 is 11.3 Å². The summed E-state index contributed by atoms with van der Waals surface area (Å²) in [6.07, 6.45) is 3.11. The molecule has 0 aliphatic carbocycles. The number of methoxy groups -OCH3 is 1. The van der Waals surface area contributed by atoms with Gasteiger partial charge in [-0.05, 0) is 37.1 Å². The van der Waals surface area contributed by atoms with E-state index in [2.05, 4.69) is 15.6 Å². The van der Waals surface area contributed by atoms with Crippen molar-refractivity contribution in [2.45, 2.75) is 19.4 Å². The van der Waals surface area contributed by atoms with Crippen LogP contribution in [0.15, 0.2) is 52.5 Å². The number of carbonyl (C=O) groups is 2. The molecule has 1 aromatic carbocycles. The highest BCUT2D eigenvalue weighted by Gasteiger charge is 2.30. The smallest absolute Gasteiger partial charge is 0.273 e. The highest BCUT2D eigenvalue weighted by molar-refractivity contribution is 7.14. The predicted octanol–water partition coefficient (Wildman–Crippen LogP) is 3.66. The Hall–Kier alpha value is -3.33. The Labute approximate surface area is 184 Å². The number of rotatable bonds is 7. The highest BCUT2D eigenvalue weighted by atomic mass is 32.1. The number of likely N-dealkylation sites (tertiary alicyclic amines) is 1. The van der Waals surface area contributed by atoms with Crippen LogP contribution in [-0.4, -0.2) is 41.9 Å². The van der Waals surface area contributed by atoms with Gasteiger partial charge in [0.15, 0.2) is 5.13 Å². The third-order valence-corrected chi connectivity index (χ3v) is 5.93. The molecule has 31 heavy (non-hydrogen) atoms. The number of para-hydroxylation sites is 2. The molecule has 0 bridgehead atoms. The molecule has 2 N–H and O–H groups in total. The Morgan fingerprint density at radius 2 is 2.16 bits per heavy atom. The van der Waals surface area contributed by atoms with E-state index in [4.69, 9.17) is 9.15 Å². The van der Waals surface area contributed by atoms with Gasteiger partial charge in [0.25, 0.3) is 5.91 Å². The lowest BCUT2D eigenvalue weighted by molar-refractivity contribution is -0.126. The fourth-order valence-electron chi connectivity index (χ4n) is 3.56. The van der Waals surface area contributed by atoms with Gasteiger partial charge in [-0.25, -0.2) is 4.98 Å². The van der Waals surface area contributed by atoms with Crippen LogP contribution in [0.5, 0.6) is 5.75 Å². The summed E-state index contributed by atoms with van der Waals surface area (Å²) in [4.78, 5) is 31.7. The fraction of sp³-hybridized carbons (Fsp3) is 0.318. The SMILES string of the molecule is COc1ccccc1Nc1nc(C(=O)N2CCC[C@H](C(=O)NCc3ccco3)C2)cs1. The first-order valence-electron chi connectivity index (χ1n) is 10.1. The number of thiazole rings is 1. The van der Waals surface area contributed by atoms with Gasteiger partial charge in [-0.15, -0.1) is 11.3 Å². The Morgan fingerprint density at radius 1 is 1.29 bits per heavy atom. The minimum Gasteiger partial charge on any atom is -0.495 e. The molecule has 162 valence electrons. The van der Waals surface area contributed by atoms with Crippen LogP contribution in [0.3, 0.4) is 0 Å². The number of amides is 2. The van der Waals surface area contributed by atoms with E-state index in [1.807, 2.05) is 30.3 Å². The van der Waals surface area contributed by atoms with Crippen LogP contribution in [0.1, 0.15) is 29.1 Å². The van der Waals surface area contributed by atoms with Gasteiger partial charge in [-0.2, -0.15) is 0 Å². The summed E-state index contributed by atoms with van der Waals surface area (Å²) in [6, 6.07) is 11.1. The summed E-state index contributed by atoms with van der Waals surface area (Å²) in [5, 5.41) is 8.43. The molecule has 0 unspecified atom stereocenters. The van der Waals surface area contributed by atoms with E-state index in [0.717, 1.165) is 18.5 Å². The van der Waals surface area contributed by atoms with E-state index >= 15 is 0 Å². The zero-order valence-electron chi connectivity index (χ0n) is 17.2. The third-order valence-electron chi connectivity index (χ3n) is 5.17. The van der Waals surface area contributed by atoms with E-state index in [-0.39, 0.29) is 17.7 Å². The number of ether oxygens (including phenoxy) is 1. The molecule has 2 aromatic heterocycles. The van der Waals surface area contributed by atoms with Crippen LogP contribution in [-0.2, 0) is 11.3 Å². The monoisotopic (exact) mass is 440 g/mol. The van der Waals surface area contributed by atoms with Gasteiger partial charge in [-0.1, -0.05) is 12.1 Å². The van der Waals surface area contributed by atoms with E-state index < -0.39 is 0 Å². The van der Waals surface area contributed by atoms with Gasteiger partial charge in [-0.3, -0.25) is 9.59 Å². The van der Waals surface area contributed by atoms with Crippen molar-refractivity contribution < 1.29 is 18.7 Å². The van der Waals surface area contributed by atoms with Crippen LogP contribution in [0.4, 0.5) is 10.8 Å². The molecule has 1 aliphatic heterocycles. The lowest BCUT2D eigenvalue weighted by Crippen LogP contribution is -2.45. The van der Waals surface area contributed by atoms with E-state index in [9.17, 15) is 9.59 Å². The van der Waals surface area contributed by atoms with Gasteiger partial charge < -0.3 is 24.7 Å². The van der Waals surface area contributed by atoms with Crippen molar-refractivity contribution in [3.05, 3.63) is 59.5 Å². The van der Waals surface area contributed by atoms with Gasteiger partial charge >= 0.3 is 0 Å². The van der Waals surface area contributed by atoms with Gasteiger partial charge in [0.2, 0.25) is 5.91 Å². The Morgan fingerprint density at radius 3 is 2.97 bits per heavy atom. The molecule has 4 rings (SSSR count). The Bertz CT molecular complexity index is 1030. The van der Waals surface area contributed by atoms with Crippen molar-refractivity contribution in [2.75, 3.05) is 25.5 Å². The second kappa shape index (κ2) is 9.65. The van der Waals surface area contributed by atoms with Crippen molar-refractivity contribution in [3.8, 4) is 5.75 Å². The Kier molecular flexibility index (Phi) is 6.51. The van der Waals surface area contributed by atoms with Crippen LogP contribution in [0.25, 0.3) is 0 Å². The quantitative estimate of drug-likeness (QED) is 0.582. The van der Waals surface area contributed by atoms with Crippen molar-refractivity contribution in [2.24, 2.45) is 5.92 Å². The maximum absolute atomic E-state index is 13.0. The number of aromatic nitrogens is 1. The molecule has 1 aliphatic rings. The number of nitrogens with zero attached hydrogens (tertiary/aromatic N) is 2. The average molecular weight is 441 g/mol. The summed E-state index contributed by atoms with van der Waals surface area (Å²) < 4.78 is 10.6. The first kappa shape index (κ1) is 20.9. The third kappa shape index (κ3) is 5.05. The standard InChI is InChI=1S/C22H24N4O4S/c1-29-19-9-3-2-8-17(19)24-22-25-18(14-31-22)21(28)26-10-4-6-15(13-26)20(27)23-12-16-7-5-11-30-16/h2-3,5,7-9,11,14-15H,4,6,10,12-13H2,1H3,(H,23,27)(H,24,25)/t15-/m0/s1. The van der Waals surface area contributed by atoms with Crippen molar-refractivity contribution in [3.63, 3.8) is 0 Å². The van der Waals surface area contributed by atoms with Crippen molar-refractivity contribution in [1.29, 1.82) is 0 Å². The molecule has 3 heterocycles. The lowest BCUT2D eigenvalue weighted by atomic mass is 9.97. The number of hydrogen-bond acceptors (Lipinski definition) is 7. The number of benzene rings is 1. The van der Waals surface area contributed by atoms with Gasteiger partial charge in [0.1, 0.15) is 17.2 Å². The van der Waals surface area contributed by atoms with Gasteiger partial charge in [0, 0.05) is 18.5 Å². The second-order valence-corrected chi connectivity index (χ2v) is 8.11. The minimum atomic E-state index is -0.238. The molecule has 1 fully saturated rings. The van der Waals surface area contributed by atoms with Crippen LogP contribution in [0, 0.1) is 5.92 Å². The molecule has 8 nitrogen and oxygen atoms in total. The zero-order valence-corrected chi connectivity index (χ0v) is 18.0. The lowest BCUT2D eigenvalue weighted by Gasteiger charge is -2.31. The normalized spacial score (nSPS) is 16.0. The number of carbonyl (C=O) groups excluding carboxylic acids is 2. The molecule has 1 saturated heterocycles. The largest absolute Gasteiger partial charge is 0.495 e. The first-order chi connectivity index (χ1) is 15.1. The molecule has 0 radical (unpaired) electrons. The number of anilines is 2. The number of nitrogens with one attached hydrogen (secondary N) is 2. The summed E-state index contributed by atoms with van der Waals surface area (Å²) in [5.41, 5.74) is 1.16. The minimum absolute atomic E-state index is 0.0642. The molecular weight excluding hydrogens is 416 g/mol. The molecule has 3 aromatic rings. The first-order valence-corrected chi connectivity index (χ1v) is 11.0. The molecule has 2 amide bonds. The summed E-state index contributed by atoms with van der Waals surface area (Å²) in [7, 11) is 1.61. The van der Waals surface area contributed by atoms with E-state index in [1.54, 1.807) is 29.7 Å². The molecule has 0 spiro atoms. The molecule has 1 atom stereocenters. The summed E-state index contributed by atoms with van der Waals surface area (Å²) in [5.74, 6) is 0.940. The summed E-state index contributed by atoms with van der Waals surface area (Å²) >= 11 is 1.35. The predicted molar refractivity (Wildman–Crippen MR) is 118 cm³/mol. The average Bonchev–Trinajstić information content (AvgIpc) is 3.50. The molecular formula is C22H24N4O4S. The van der Waals surface area contributed by atoms with E-state index in [1.165, 1.54) is 11.3 Å². The molecule has 0 saturated carbocycles. The maximum Gasteiger partial charge on any atom is 0.273 e. The fourth-order valence-corrected chi connectivity index (χ4v) is 4.26. The number of furan rings is 1. The van der Waals surface area contributed by atoms with Crippen LogP contribution in [0.2, 0.25) is 0 Å². The van der Waals surface area contributed by atoms with Gasteiger partial charge in [0.05, 0.1) is 31.5 Å². The van der Waals surface area contributed by atoms with E-state index in [0.29, 0.717) is 42.0 Å². The van der Waals surface area contributed by atoms with Crippen molar-refractivity contribution in [1.82, 2.24) is 15.2 Å². The number of piperidine rings is 1. The van der Waals surface area contributed by atoms with Crippen molar-refractivity contribution >= 4 is 34.0 Å². The highest BCUT2D eigenvalue weighted by Crippen LogP contribution is 2.29. The summed E-state index contributed by atoms with van der Waals surface area (Å²) in [6.45, 7) is 1.35. The van der Waals surface area contributed by atoms with Crippen LogP contribution < -0.4 is 15.4 Å².